The lowest BCUT2D eigenvalue weighted by atomic mass is 10.0. The number of amides is 2. The number of rotatable bonds is 5. The van der Waals surface area contributed by atoms with Gasteiger partial charge in [-0.25, -0.2) is 4.79 Å². The fourth-order valence-electron chi connectivity index (χ4n) is 2.40. The summed E-state index contributed by atoms with van der Waals surface area (Å²) in [5.41, 5.74) is 0. The minimum absolute atomic E-state index is 0.107. The van der Waals surface area contributed by atoms with Gasteiger partial charge in [0, 0.05) is 19.1 Å². The van der Waals surface area contributed by atoms with Gasteiger partial charge < -0.3 is 19.6 Å². The first kappa shape index (κ1) is 16.3. The minimum atomic E-state index is -0.888. The molecule has 0 aromatic carbocycles. The highest BCUT2D eigenvalue weighted by molar-refractivity contribution is 5.82. The second kappa shape index (κ2) is 7.12. The molecule has 1 aliphatic rings. The number of hydrogen-bond donors (Lipinski definition) is 1. The first-order valence-corrected chi connectivity index (χ1v) is 6.86. The molecule has 0 radical (unpaired) electrons. The largest absolute Gasteiger partial charge is 0.481 e. The number of carbonyl (C=O) groups is 3. The van der Waals surface area contributed by atoms with Gasteiger partial charge in [0.25, 0.3) is 0 Å². The number of carboxylic acid groups (broad SMARTS) is 1. The van der Waals surface area contributed by atoms with E-state index in [4.69, 9.17) is 9.84 Å². The number of nitrogens with zero attached hydrogens (tertiary/aromatic N) is 2. The molecule has 0 aromatic rings. The lowest BCUT2D eigenvalue weighted by Crippen LogP contribution is -2.48. The van der Waals surface area contributed by atoms with Crippen LogP contribution >= 0.6 is 0 Å². The predicted octanol–water partition coefficient (Wildman–Crippen LogP) is 0.786. The number of likely N-dealkylation sites (tertiary alicyclic amines) is 1. The van der Waals surface area contributed by atoms with Crippen molar-refractivity contribution in [2.45, 2.75) is 33.2 Å². The Morgan fingerprint density at radius 2 is 2.00 bits per heavy atom. The second-order valence-electron chi connectivity index (χ2n) is 4.77. The summed E-state index contributed by atoms with van der Waals surface area (Å²) in [6.45, 7) is 6.13. The van der Waals surface area contributed by atoms with Gasteiger partial charge in [-0.2, -0.15) is 0 Å². The number of likely N-dealkylation sites (N-methyl/N-ethyl adjacent to an activating group) is 1. The van der Waals surface area contributed by atoms with Crippen LogP contribution in [0, 0.1) is 5.92 Å². The van der Waals surface area contributed by atoms with E-state index in [1.165, 1.54) is 9.80 Å². The first-order valence-electron chi connectivity index (χ1n) is 6.86. The molecule has 2 unspecified atom stereocenters. The highest BCUT2D eigenvalue weighted by Crippen LogP contribution is 2.25. The van der Waals surface area contributed by atoms with Crippen LogP contribution in [-0.2, 0) is 14.3 Å². The van der Waals surface area contributed by atoms with Crippen LogP contribution in [0.3, 0.4) is 0 Å². The van der Waals surface area contributed by atoms with Gasteiger partial charge >= 0.3 is 18.0 Å². The quantitative estimate of drug-likeness (QED) is 0.755. The average molecular weight is 286 g/mol. The fourth-order valence-corrected chi connectivity index (χ4v) is 2.40. The topological polar surface area (TPSA) is 87.2 Å². The molecule has 0 aromatic heterocycles. The third kappa shape index (κ3) is 3.61. The maximum absolute atomic E-state index is 12.3. The van der Waals surface area contributed by atoms with Crippen molar-refractivity contribution in [3.05, 3.63) is 0 Å². The highest BCUT2D eigenvalue weighted by atomic mass is 16.5. The molecular formula is C13H22N2O5. The third-order valence-electron chi connectivity index (χ3n) is 3.60. The van der Waals surface area contributed by atoms with E-state index in [9.17, 15) is 14.4 Å². The van der Waals surface area contributed by atoms with Crippen molar-refractivity contribution >= 4 is 18.0 Å². The smallest absolute Gasteiger partial charge is 0.325 e. The molecule has 1 aliphatic heterocycles. The van der Waals surface area contributed by atoms with Gasteiger partial charge in [0.1, 0.15) is 6.54 Å². The number of esters is 1. The number of carboxylic acids is 1. The number of urea groups is 1. The van der Waals surface area contributed by atoms with E-state index >= 15 is 0 Å². The average Bonchev–Trinajstić information content (AvgIpc) is 2.77. The summed E-state index contributed by atoms with van der Waals surface area (Å²) in [5.74, 6) is -1.88. The predicted molar refractivity (Wildman–Crippen MR) is 71.2 cm³/mol. The molecular weight excluding hydrogens is 264 g/mol. The van der Waals surface area contributed by atoms with Gasteiger partial charge in [-0.3, -0.25) is 9.59 Å². The fraction of sp³-hybridized carbons (Fsp3) is 0.769. The van der Waals surface area contributed by atoms with Gasteiger partial charge in [-0.15, -0.1) is 0 Å². The van der Waals surface area contributed by atoms with E-state index in [0.717, 1.165) is 0 Å². The summed E-state index contributed by atoms with van der Waals surface area (Å²) < 4.78 is 4.83. The van der Waals surface area contributed by atoms with Crippen molar-refractivity contribution < 1.29 is 24.2 Å². The Morgan fingerprint density at radius 1 is 1.35 bits per heavy atom. The maximum Gasteiger partial charge on any atom is 0.325 e. The van der Waals surface area contributed by atoms with Gasteiger partial charge in [0.05, 0.1) is 12.5 Å². The number of aliphatic carboxylic acids is 1. The zero-order valence-corrected chi connectivity index (χ0v) is 12.2. The van der Waals surface area contributed by atoms with Crippen molar-refractivity contribution in [3.8, 4) is 0 Å². The van der Waals surface area contributed by atoms with Crippen LogP contribution in [0.25, 0.3) is 0 Å². The molecule has 1 rings (SSSR count). The minimum Gasteiger partial charge on any atom is -0.481 e. The number of carbonyl (C=O) groups excluding carboxylic acids is 2. The van der Waals surface area contributed by atoms with Crippen molar-refractivity contribution in [1.29, 1.82) is 0 Å². The van der Waals surface area contributed by atoms with Gasteiger partial charge in [-0.05, 0) is 27.2 Å². The van der Waals surface area contributed by atoms with E-state index in [1.54, 1.807) is 20.8 Å². The zero-order valence-electron chi connectivity index (χ0n) is 12.2. The van der Waals surface area contributed by atoms with E-state index in [2.05, 4.69) is 0 Å². The molecule has 0 aliphatic carbocycles. The summed E-state index contributed by atoms with van der Waals surface area (Å²) >= 11 is 0. The molecule has 0 spiro atoms. The summed E-state index contributed by atoms with van der Waals surface area (Å²) in [4.78, 5) is 37.7. The molecule has 0 bridgehead atoms. The van der Waals surface area contributed by atoms with Crippen LogP contribution < -0.4 is 0 Å². The van der Waals surface area contributed by atoms with E-state index in [0.29, 0.717) is 19.5 Å². The van der Waals surface area contributed by atoms with Crippen LogP contribution in [0.2, 0.25) is 0 Å². The molecule has 114 valence electrons. The number of hydrogen-bond acceptors (Lipinski definition) is 4. The standard InChI is InChI=1S/C13H22N2O5/c1-4-14(8-11(16)20-5-2)13(19)15-7-6-10(9(15)3)12(17)18/h9-10H,4-8H2,1-3H3,(H,17,18). The molecule has 1 fully saturated rings. The van der Waals surface area contributed by atoms with E-state index < -0.39 is 17.9 Å². The highest BCUT2D eigenvalue weighted by Gasteiger charge is 2.39. The Balaban J connectivity index is 2.67. The maximum atomic E-state index is 12.3. The molecule has 1 heterocycles. The molecule has 0 saturated carbocycles. The van der Waals surface area contributed by atoms with Crippen LogP contribution in [0.1, 0.15) is 27.2 Å². The van der Waals surface area contributed by atoms with Gasteiger partial charge in [-0.1, -0.05) is 0 Å². The monoisotopic (exact) mass is 286 g/mol. The zero-order chi connectivity index (χ0) is 15.3. The van der Waals surface area contributed by atoms with Gasteiger partial charge in [0.2, 0.25) is 0 Å². The van der Waals surface area contributed by atoms with Crippen molar-refractivity contribution in [1.82, 2.24) is 9.80 Å². The second-order valence-corrected chi connectivity index (χ2v) is 4.77. The summed E-state index contributed by atoms with van der Waals surface area (Å²) in [6, 6.07) is -0.673. The Hall–Kier alpha value is -1.79. The molecule has 1 saturated heterocycles. The molecule has 7 heteroatoms. The SMILES string of the molecule is CCOC(=O)CN(CC)C(=O)N1CCC(C(=O)O)C1C. The van der Waals surface area contributed by atoms with E-state index in [1.807, 2.05) is 0 Å². The molecule has 20 heavy (non-hydrogen) atoms. The molecule has 2 atom stereocenters. The Bertz CT molecular complexity index is 385. The number of ether oxygens (including phenoxy) is 1. The normalized spacial score (nSPS) is 21.6. The molecule has 1 N–H and O–H groups in total. The van der Waals surface area contributed by atoms with Crippen molar-refractivity contribution in [2.24, 2.45) is 5.92 Å². The van der Waals surface area contributed by atoms with Crippen LogP contribution in [-0.4, -0.2) is 65.2 Å². The lowest BCUT2D eigenvalue weighted by molar-refractivity contribution is -0.144. The van der Waals surface area contributed by atoms with Crippen molar-refractivity contribution in [3.63, 3.8) is 0 Å². The summed E-state index contributed by atoms with van der Waals surface area (Å²) in [7, 11) is 0. The van der Waals surface area contributed by atoms with Crippen LogP contribution in [0.5, 0.6) is 0 Å². The molecule has 7 nitrogen and oxygen atoms in total. The Kier molecular flexibility index (Phi) is 5.79. The third-order valence-corrected chi connectivity index (χ3v) is 3.60. The lowest BCUT2D eigenvalue weighted by Gasteiger charge is -2.29. The summed E-state index contributed by atoms with van der Waals surface area (Å²) in [6.07, 6.45) is 0.444. The van der Waals surface area contributed by atoms with Crippen molar-refractivity contribution in [2.75, 3.05) is 26.2 Å². The first-order chi connectivity index (χ1) is 9.42. The Morgan fingerprint density at radius 3 is 2.45 bits per heavy atom. The van der Waals surface area contributed by atoms with Gasteiger partial charge in [0.15, 0.2) is 0 Å². The van der Waals surface area contributed by atoms with Crippen LogP contribution in [0.4, 0.5) is 4.79 Å². The molecule has 2 amide bonds. The Labute approximate surface area is 118 Å². The van der Waals surface area contributed by atoms with Crippen LogP contribution in [0.15, 0.2) is 0 Å². The summed E-state index contributed by atoms with van der Waals surface area (Å²) in [5, 5.41) is 9.07. The van der Waals surface area contributed by atoms with E-state index in [-0.39, 0.29) is 25.2 Å².